The maximum Gasteiger partial charge on any atom is 0.340 e. The number of ether oxygens (including phenoxy) is 2. The molecule has 0 spiro atoms. The first-order valence-electron chi connectivity index (χ1n) is 8.67. The lowest BCUT2D eigenvalue weighted by molar-refractivity contribution is -0.139. The highest BCUT2D eigenvalue weighted by Crippen LogP contribution is 2.26. The summed E-state index contributed by atoms with van der Waals surface area (Å²) in [6, 6.07) is 4.36. The number of carboxylic acids is 1. The molecule has 3 N–H and O–H groups in total. The molecule has 27 heavy (non-hydrogen) atoms. The van der Waals surface area contributed by atoms with Gasteiger partial charge >= 0.3 is 18.0 Å². The highest BCUT2D eigenvalue weighted by molar-refractivity contribution is 6.01. The van der Waals surface area contributed by atoms with Crippen molar-refractivity contribution in [2.75, 3.05) is 32.6 Å². The van der Waals surface area contributed by atoms with Crippen LogP contribution in [0.3, 0.4) is 0 Å². The second-order valence-electron chi connectivity index (χ2n) is 6.28. The predicted octanol–water partition coefficient (Wildman–Crippen LogP) is 1.54. The molecule has 9 heteroatoms. The molecule has 0 bridgehead atoms. The fraction of sp³-hybridized carbons (Fsp3) is 0.500. The molecule has 1 aliphatic carbocycles. The zero-order valence-electron chi connectivity index (χ0n) is 15.7. The molecule has 148 valence electrons. The van der Waals surface area contributed by atoms with Gasteiger partial charge in [0.05, 0.1) is 32.0 Å². The van der Waals surface area contributed by atoms with E-state index in [0.717, 1.165) is 0 Å². The zero-order valence-corrected chi connectivity index (χ0v) is 15.7. The van der Waals surface area contributed by atoms with E-state index in [1.807, 2.05) is 11.8 Å². The number of hydrogen-bond donors (Lipinski definition) is 3. The molecule has 0 aromatic heterocycles. The van der Waals surface area contributed by atoms with Crippen molar-refractivity contribution >= 4 is 23.7 Å². The molecular formula is C18H25N3O6. The predicted molar refractivity (Wildman–Crippen MR) is 98.2 cm³/mol. The number of aliphatic carboxylic acids is 1. The Morgan fingerprint density at radius 1 is 1.26 bits per heavy atom. The summed E-state index contributed by atoms with van der Waals surface area (Å²) in [4.78, 5) is 36.9. The van der Waals surface area contributed by atoms with E-state index in [9.17, 15) is 14.4 Å². The van der Waals surface area contributed by atoms with Gasteiger partial charge in [0.15, 0.2) is 0 Å². The van der Waals surface area contributed by atoms with Crippen LogP contribution < -0.4 is 15.4 Å². The van der Waals surface area contributed by atoms with Crippen LogP contribution in [0.1, 0.15) is 30.1 Å². The lowest BCUT2D eigenvalue weighted by Gasteiger charge is -2.42. The second-order valence-corrected chi connectivity index (χ2v) is 6.28. The van der Waals surface area contributed by atoms with Crippen LogP contribution in [0.25, 0.3) is 0 Å². The molecule has 1 saturated carbocycles. The van der Waals surface area contributed by atoms with Gasteiger partial charge in [-0.25, -0.2) is 9.59 Å². The van der Waals surface area contributed by atoms with Crippen LogP contribution in [0.4, 0.5) is 10.5 Å². The van der Waals surface area contributed by atoms with Gasteiger partial charge in [0.2, 0.25) is 0 Å². The Kier molecular flexibility index (Phi) is 7.00. The summed E-state index contributed by atoms with van der Waals surface area (Å²) in [6.45, 7) is 2.55. The second kappa shape index (κ2) is 9.22. The molecule has 9 nitrogen and oxygen atoms in total. The molecule has 0 unspecified atom stereocenters. The third-order valence-electron chi connectivity index (χ3n) is 4.59. The van der Waals surface area contributed by atoms with E-state index < -0.39 is 18.0 Å². The standard InChI is InChI=1S/C18H25N3O6/c1-4-21(10-16(22)23)12-7-11(8-12)19-18(25)20-15-6-5-13(26-2)9-14(15)17(24)27-3/h5-6,9,11-12H,4,7-8,10H2,1-3H3,(H,22,23)(H2,19,20,25). The first-order valence-corrected chi connectivity index (χ1v) is 8.67. The number of rotatable bonds is 8. The van der Waals surface area contributed by atoms with Crippen LogP contribution in [-0.2, 0) is 9.53 Å². The smallest absolute Gasteiger partial charge is 0.340 e. The molecule has 0 aliphatic heterocycles. The van der Waals surface area contributed by atoms with Crippen molar-refractivity contribution in [1.82, 2.24) is 10.2 Å². The van der Waals surface area contributed by atoms with E-state index in [1.54, 1.807) is 12.1 Å². The summed E-state index contributed by atoms with van der Waals surface area (Å²) in [6.07, 6.45) is 1.36. The quantitative estimate of drug-likeness (QED) is 0.587. The van der Waals surface area contributed by atoms with Crippen molar-refractivity contribution in [2.45, 2.75) is 31.8 Å². The molecule has 0 atom stereocenters. The van der Waals surface area contributed by atoms with Crippen molar-refractivity contribution in [2.24, 2.45) is 0 Å². The first kappa shape index (κ1) is 20.5. The molecule has 0 saturated heterocycles. The van der Waals surface area contributed by atoms with Gasteiger partial charge in [0.25, 0.3) is 0 Å². The van der Waals surface area contributed by atoms with E-state index in [0.29, 0.717) is 30.8 Å². The van der Waals surface area contributed by atoms with Gasteiger partial charge in [0.1, 0.15) is 5.75 Å². The molecule has 1 fully saturated rings. The largest absolute Gasteiger partial charge is 0.497 e. The summed E-state index contributed by atoms with van der Waals surface area (Å²) in [5.74, 6) is -0.970. The zero-order chi connectivity index (χ0) is 20.0. The fourth-order valence-corrected chi connectivity index (χ4v) is 3.06. The summed E-state index contributed by atoms with van der Waals surface area (Å²) >= 11 is 0. The van der Waals surface area contributed by atoms with Gasteiger partial charge in [-0.15, -0.1) is 0 Å². The number of anilines is 1. The molecule has 1 aromatic carbocycles. The number of carbonyl (C=O) groups is 3. The number of nitrogens with zero attached hydrogens (tertiary/aromatic N) is 1. The van der Waals surface area contributed by atoms with Crippen molar-refractivity contribution in [1.29, 1.82) is 0 Å². The maximum absolute atomic E-state index is 12.2. The number of carbonyl (C=O) groups excluding carboxylic acids is 2. The minimum Gasteiger partial charge on any atom is -0.497 e. The molecule has 1 aromatic rings. The van der Waals surface area contributed by atoms with Crippen LogP contribution in [0.5, 0.6) is 5.75 Å². The van der Waals surface area contributed by atoms with Crippen LogP contribution in [0, 0.1) is 0 Å². The number of nitrogens with one attached hydrogen (secondary N) is 2. The molecule has 2 rings (SSSR count). The van der Waals surface area contributed by atoms with Crippen LogP contribution in [0.2, 0.25) is 0 Å². The highest BCUT2D eigenvalue weighted by atomic mass is 16.5. The molecule has 0 radical (unpaired) electrons. The number of amides is 2. The first-order chi connectivity index (χ1) is 12.9. The number of likely N-dealkylation sites (N-methyl/N-ethyl adjacent to an activating group) is 1. The van der Waals surface area contributed by atoms with Crippen LogP contribution in [-0.4, -0.2) is 67.4 Å². The summed E-state index contributed by atoms with van der Waals surface area (Å²) in [7, 11) is 2.74. The number of benzene rings is 1. The molecular weight excluding hydrogens is 354 g/mol. The van der Waals surface area contributed by atoms with Gasteiger partial charge in [0, 0.05) is 12.1 Å². The van der Waals surface area contributed by atoms with Gasteiger partial charge in [-0.2, -0.15) is 0 Å². The summed E-state index contributed by atoms with van der Waals surface area (Å²) < 4.78 is 9.83. The topological polar surface area (TPSA) is 117 Å². The van der Waals surface area contributed by atoms with Gasteiger partial charge in [-0.3, -0.25) is 9.69 Å². The van der Waals surface area contributed by atoms with Crippen molar-refractivity contribution in [3.8, 4) is 5.75 Å². The van der Waals surface area contributed by atoms with Crippen LogP contribution >= 0.6 is 0 Å². The fourth-order valence-electron chi connectivity index (χ4n) is 3.06. The van der Waals surface area contributed by atoms with Crippen molar-refractivity contribution in [3.63, 3.8) is 0 Å². The average Bonchev–Trinajstić information content (AvgIpc) is 2.62. The lowest BCUT2D eigenvalue weighted by Crippen LogP contribution is -2.55. The highest BCUT2D eigenvalue weighted by Gasteiger charge is 2.34. The third-order valence-corrected chi connectivity index (χ3v) is 4.59. The van der Waals surface area contributed by atoms with Crippen molar-refractivity contribution in [3.05, 3.63) is 23.8 Å². The monoisotopic (exact) mass is 379 g/mol. The van der Waals surface area contributed by atoms with Gasteiger partial charge in [-0.05, 0) is 37.6 Å². The van der Waals surface area contributed by atoms with Gasteiger partial charge < -0.3 is 25.2 Å². The Balaban J connectivity index is 1.92. The number of esters is 1. The van der Waals surface area contributed by atoms with Crippen LogP contribution in [0.15, 0.2) is 18.2 Å². The Bertz CT molecular complexity index is 702. The Morgan fingerprint density at radius 3 is 2.52 bits per heavy atom. The van der Waals surface area contributed by atoms with E-state index >= 15 is 0 Å². The van der Waals surface area contributed by atoms with E-state index in [2.05, 4.69) is 10.6 Å². The van der Waals surface area contributed by atoms with E-state index in [-0.39, 0.29) is 24.2 Å². The summed E-state index contributed by atoms with van der Waals surface area (Å²) in [5, 5.41) is 14.4. The van der Waals surface area contributed by atoms with Gasteiger partial charge in [-0.1, -0.05) is 6.92 Å². The lowest BCUT2D eigenvalue weighted by atomic mass is 9.85. The molecule has 2 amide bonds. The average molecular weight is 379 g/mol. The number of urea groups is 1. The SMILES string of the molecule is CCN(CC(=O)O)C1CC(NC(=O)Nc2ccc(OC)cc2C(=O)OC)C1. The third kappa shape index (κ3) is 5.33. The Hall–Kier alpha value is -2.81. The summed E-state index contributed by atoms with van der Waals surface area (Å²) in [5.41, 5.74) is 0.509. The normalized spacial score (nSPS) is 18.4. The van der Waals surface area contributed by atoms with Crippen molar-refractivity contribution < 1.29 is 29.0 Å². The Morgan fingerprint density at radius 2 is 1.96 bits per heavy atom. The number of carboxylic acid groups (broad SMARTS) is 1. The maximum atomic E-state index is 12.2. The minimum atomic E-state index is -0.860. The number of methoxy groups -OCH3 is 2. The Labute approximate surface area is 157 Å². The number of hydrogen-bond acceptors (Lipinski definition) is 6. The molecule has 1 aliphatic rings. The minimum absolute atomic E-state index is 0.00554. The molecule has 0 heterocycles. The van der Waals surface area contributed by atoms with E-state index in [1.165, 1.54) is 20.3 Å². The van der Waals surface area contributed by atoms with E-state index in [4.69, 9.17) is 14.6 Å².